The van der Waals surface area contributed by atoms with E-state index < -0.39 is 6.04 Å². The van der Waals surface area contributed by atoms with Crippen LogP contribution in [-0.4, -0.2) is 23.6 Å². The quantitative estimate of drug-likeness (QED) is 0.852. The molecule has 4 nitrogen and oxygen atoms in total. The fraction of sp³-hybridized carbons (Fsp3) is 0.308. The standard InChI is InChI=1S/C13H15BrN2O2/c1-2-18-13(17)11(15)5-8-7-16-12-4-3-9(14)6-10(8)12/h3-4,6-7,11,16H,2,5,15H2,1H3/t11-/m0/s1. The van der Waals surface area contributed by atoms with Gasteiger partial charge in [-0.15, -0.1) is 0 Å². The van der Waals surface area contributed by atoms with Crippen molar-refractivity contribution in [3.63, 3.8) is 0 Å². The fourth-order valence-corrected chi connectivity index (χ4v) is 2.25. The number of aromatic amines is 1. The van der Waals surface area contributed by atoms with Crippen molar-refractivity contribution in [2.24, 2.45) is 5.73 Å². The Labute approximate surface area is 114 Å². The van der Waals surface area contributed by atoms with Crippen molar-refractivity contribution in [2.45, 2.75) is 19.4 Å². The number of carbonyl (C=O) groups excluding carboxylic acids is 1. The highest BCUT2D eigenvalue weighted by atomic mass is 79.9. The molecule has 0 bridgehead atoms. The van der Waals surface area contributed by atoms with Crippen LogP contribution in [0.2, 0.25) is 0 Å². The summed E-state index contributed by atoms with van der Waals surface area (Å²) in [5.74, 6) is -0.359. The number of aromatic nitrogens is 1. The van der Waals surface area contributed by atoms with Crippen LogP contribution < -0.4 is 5.73 Å². The van der Waals surface area contributed by atoms with Gasteiger partial charge in [-0.1, -0.05) is 15.9 Å². The summed E-state index contributed by atoms with van der Waals surface area (Å²) in [4.78, 5) is 14.7. The third kappa shape index (κ3) is 2.73. The Hall–Kier alpha value is -1.33. The molecule has 0 unspecified atom stereocenters. The minimum absolute atomic E-state index is 0.353. The number of nitrogens with one attached hydrogen (secondary N) is 1. The predicted molar refractivity (Wildman–Crippen MR) is 74.3 cm³/mol. The number of esters is 1. The molecule has 0 aliphatic carbocycles. The first kappa shape index (κ1) is 13.1. The molecule has 96 valence electrons. The summed E-state index contributed by atoms with van der Waals surface area (Å²) in [7, 11) is 0. The Kier molecular flexibility index (Phi) is 4.04. The van der Waals surface area contributed by atoms with Gasteiger partial charge in [0, 0.05) is 28.0 Å². The Morgan fingerprint density at radius 3 is 3.06 bits per heavy atom. The molecule has 2 rings (SSSR count). The normalized spacial score (nSPS) is 12.6. The van der Waals surface area contributed by atoms with E-state index in [1.54, 1.807) is 6.92 Å². The van der Waals surface area contributed by atoms with Crippen LogP contribution in [0, 0.1) is 0 Å². The molecule has 1 aromatic heterocycles. The largest absolute Gasteiger partial charge is 0.465 e. The number of hydrogen-bond acceptors (Lipinski definition) is 3. The summed E-state index contributed by atoms with van der Waals surface area (Å²) < 4.78 is 5.91. The van der Waals surface area contributed by atoms with Gasteiger partial charge in [-0.05, 0) is 30.7 Å². The number of hydrogen-bond donors (Lipinski definition) is 2. The Bertz CT molecular complexity index is 565. The maximum atomic E-state index is 11.5. The number of H-pyrrole nitrogens is 1. The summed E-state index contributed by atoms with van der Waals surface area (Å²) in [6.45, 7) is 2.12. The lowest BCUT2D eigenvalue weighted by Crippen LogP contribution is -2.34. The van der Waals surface area contributed by atoms with E-state index in [9.17, 15) is 4.79 Å². The maximum absolute atomic E-state index is 11.5. The molecular formula is C13H15BrN2O2. The number of benzene rings is 1. The molecule has 0 aliphatic heterocycles. The van der Waals surface area contributed by atoms with Crippen molar-refractivity contribution in [2.75, 3.05) is 6.61 Å². The first-order valence-electron chi connectivity index (χ1n) is 5.79. The van der Waals surface area contributed by atoms with Crippen molar-refractivity contribution in [1.82, 2.24) is 4.98 Å². The number of ether oxygens (including phenoxy) is 1. The third-order valence-electron chi connectivity index (χ3n) is 2.76. The van der Waals surface area contributed by atoms with Crippen LogP contribution in [0.5, 0.6) is 0 Å². The van der Waals surface area contributed by atoms with Gasteiger partial charge in [-0.3, -0.25) is 4.79 Å². The molecule has 1 atom stereocenters. The maximum Gasteiger partial charge on any atom is 0.323 e. The van der Waals surface area contributed by atoms with Crippen molar-refractivity contribution in [3.05, 3.63) is 34.4 Å². The van der Waals surface area contributed by atoms with Crippen LogP contribution in [0.4, 0.5) is 0 Å². The number of rotatable bonds is 4. The van der Waals surface area contributed by atoms with Crippen LogP contribution in [0.15, 0.2) is 28.9 Å². The molecule has 0 radical (unpaired) electrons. The summed E-state index contributed by atoms with van der Waals surface area (Å²) >= 11 is 3.43. The minimum Gasteiger partial charge on any atom is -0.465 e. The average Bonchev–Trinajstić information content (AvgIpc) is 2.72. The van der Waals surface area contributed by atoms with Gasteiger partial charge < -0.3 is 15.5 Å². The molecular weight excluding hydrogens is 296 g/mol. The number of fused-ring (bicyclic) bond motifs is 1. The van der Waals surface area contributed by atoms with Crippen molar-refractivity contribution < 1.29 is 9.53 Å². The van der Waals surface area contributed by atoms with Gasteiger partial charge in [0.1, 0.15) is 6.04 Å². The second-order valence-electron chi connectivity index (χ2n) is 4.07. The van der Waals surface area contributed by atoms with Gasteiger partial charge in [-0.2, -0.15) is 0 Å². The summed E-state index contributed by atoms with van der Waals surface area (Å²) in [6.07, 6.45) is 2.35. The third-order valence-corrected chi connectivity index (χ3v) is 3.25. The van der Waals surface area contributed by atoms with E-state index in [-0.39, 0.29) is 5.97 Å². The monoisotopic (exact) mass is 310 g/mol. The number of carbonyl (C=O) groups is 1. The van der Waals surface area contributed by atoms with E-state index in [0.717, 1.165) is 20.9 Å². The molecule has 3 N–H and O–H groups in total. The molecule has 2 aromatic rings. The minimum atomic E-state index is -0.622. The van der Waals surface area contributed by atoms with Crippen LogP contribution in [0.25, 0.3) is 10.9 Å². The summed E-state index contributed by atoms with van der Waals surface area (Å²) in [5.41, 5.74) is 7.88. The zero-order chi connectivity index (χ0) is 13.1. The predicted octanol–water partition coefficient (Wildman–Crippen LogP) is 2.36. The lowest BCUT2D eigenvalue weighted by Gasteiger charge is -2.09. The van der Waals surface area contributed by atoms with Gasteiger partial charge in [0.05, 0.1) is 6.61 Å². The number of halogens is 1. The Morgan fingerprint density at radius 2 is 2.33 bits per heavy atom. The van der Waals surface area contributed by atoms with E-state index in [2.05, 4.69) is 20.9 Å². The SMILES string of the molecule is CCOC(=O)[C@@H](N)Cc1c[nH]c2ccc(Br)cc12. The molecule has 0 aliphatic rings. The van der Waals surface area contributed by atoms with Gasteiger partial charge in [0.15, 0.2) is 0 Å². The second kappa shape index (κ2) is 5.54. The first-order chi connectivity index (χ1) is 8.61. The molecule has 0 amide bonds. The molecule has 1 aromatic carbocycles. The van der Waals surface area contributed by atoms with E-state index in [1.807, 2.05) is 24.4 Å². The molecule has 0 fully saturated rings. The highest BCUT2D eigenvalue weighted by Gasteiger charge is 2.17. The lowest BCUT2D eigenvalue weighted by molar-refractivity contribution is -0.144. The summed E-state index contributed by atoms with van der Waals surface area (Å²) in [6, 6.07) is 5.34. The molecule has 1 heterocycles. The first-order valence-corrected chi connectivity index (χ1v) is 6.59. The van der Waals surface area contributed by atoms with Crippen molar-refractivity contribution in [3.8, 4) is 0 Å². The Balaban J connectivity index is 2.21. The van der Waals surface area contributed by atoms with Crippen LogP contribution in [0.3, 0.4) is 0 Å². The van der Waals surface area contributed by atoms with Crippen molar-refractivity contribution >= 4 is 32.8 Å². The van der Waals surface area contributed by atoms with Gasteiger partial charge >= 0.3 is 5.97 Å². The molecule has 0 saturated carbocycles. The molecule has 0 spiro atoms. The van der Waals surface area contributed by atoms with Crippen LogP contribution in [-0.2, 0) is 16.0 Å². The van der Waals surface area contributed by atoms with Crippen LogP contribution in [0.1, 0.15) is 12.5 Å². The zero-order valence-corrected chi connectivity index (χ0v) is 11.7. The molecule has 18 heavy (non-hydrogen) atoms. The van der Waals surface area contributed by atoms with Crippen LogP contribution >= 0.6 is 15.9 Å². The second-order valence-corrected chi connectivity index (χ2v) is 4.98. The molecule has 0 saturated heterocycles. The average molecular weight is 311 g/mol. The Morgan fingerprint density at radius 1 is 1.56 bits per heavy atom. The van der Waals surface area contributed by atoms with E-state index >= 15 is 0 Å². The van der Waals surface area contributed by atoms with Gasteiger partial charge in [-0.25, -0.2) is 0 Å². The van der Waals surface area contributed by atoms with E-state index in [4.69, 9.17) is 10.5 Å². The van der Waals surface area contributed by atoms with E-state index in [0.29, 0.717) is 13.0 Å². The fourth-order valence-electron chi connectivity index (χ4n) is 1.89. The van der Waals surface area contributed by atoms with E-state index in [1.165, 1.54) is 0 Å². The lowest BCUT2D eigenvalue weighted by atomic mass is 10.1. The van der Waals surface area contributed by atoms with Gasteiger partial charge in [0.2, 0.25) is 0 Å². The zero-order valence-electron chi connectivity index (χ0n) is 10.1. The topological polar surface area (TPSA) is 68.1 Å². The highest BCUT2D eigenvalue weighted by Crippen LogP contribution is 2.23. The smallest absolute Gasteiger partial charge is 0.323 e. The van der Waals surface area contributed by atoms with Gasteiger partial charge in [0.25, 0.3) is 0 Å². The summed E-state index contributed by atoms with van der Waals surface area (Å²) in [5, 5.41) is 1.07. The number of nitrogens with two attached hydrogens (primary N) is 1. The van der Waals surface area contributed by atoms with Crippen molar-refractivity contribution in [1.29, 1.82) is 0 Å². The highest BCUT2D eigenvalue weighted by molar-refractivity contribution is 9.10. The molecule has 5 heteroatoms.